The maximum Gasteiger partial charge on any atom is 0.223 e. The lowest BCUT2D eigenvalue weighted by Gasteiger charge is -2.09. The average molecular weight is 274 g/mol. The van der Waals surface area contributed by atoms with Crippen molar-refractivity contribution in [2.75, 3.05) is 0 Å². The summed E-state index contributed by atoms with van der Waals surface area (Å²) in [7, 11) is 0. The SMILES string of the molecule is Fc1cnc(Oc2cccc(F)c2F)c(CCl)c1. The molecule has 0 aliphatic heterocycles. The maximum atomic E-state index is 13.4. The second kappa shape index (κ2) is 5.27. The first-order chi connectivity index (χ1) is 8.61. The van der Waals surface area contributed by atoms with E-state index in [-0.39, 0.29) is 23.1 Å². The van der Waals surface area contributed by atoms with Crippen molar-refractivity contribution in [1.29, 1.82) is 0 Å². The van der Waals surface area contributed by atoms with Crippen molar-refractivity contribution in [2.24, 2.45) is 0 Å². The zero-order valence-corrected chi connectivity index (χ0v) is 9.72. The first-order valence-electron chi connectivity index (χ1n) is 4.94. The van der Waals surface area contributed by atoms with E-state index in [0.717, 1.165) is 18.3 Å². The zero-order valence-electron chi connectivity index (χ0n) is 8.96. The molecule has 0 saturated heterocycles. The van der Waals surface area contributed by atoms with Gasteiger partial charge >= 0.3 is 0 Å². The summed E-state index contributed by atoms with van der Waals surface area (Å²) in [6.07, 6.45) is 0.905. The van der Waals surface area contributed by atoms with Gasteiger partial charge in [0, 0.05) is 5.56 Å². The van der Waals surface area contributed by atoms with Crippen LogP contribution in [0.2, 0.25) is 0 Å². The number of aromatic nitrogens is 1. The topological polar surface area (TPSA) is 22.1 Å². The summed E-state index contributed by atoms with van der Waals surface area (Å²) in [6, 6.07) is 4.61. The van der Waals surface area contributed by atoms with Crippen LogP contribution in [0.4, 0.5) is 13.2 Å². The van der Waals surface area contributed by atoms with Gasteiger partial charge in [-0.3, -0.25) is 0 Å². The predicted molar refractivity (Wildman–Crippen MR) is 60.2 cm³/mol. The van der Waals surface area contributed by atoms with Gasteiger partial charge in [0.15, 0.2) is 11.6 Å². The van der Waals surface area contributed by atoms with Crippen molar-refractivity contribution in [2.45, 2.75) is 5.88 Å². The fourth-order valence-corrected chi connectivity index (χ4v) is 1.51. The molecule has 1 heterocycles. The zero-order chi connectivity index (χ0) is 13.1. The van der Waals surface area contributed by atoms with Crippen LogP contribution in [-0.4, -0.2) is 4.98 Å². The molecule has 0 N–H and O–H groups in total. The van der Waals surface area contributed by atoms with Crippen LogP contribution in [-0.2, 0) is 5.88 Å². The van der Waals surface area contributed by atoms with Crippen molar-refractivity contribution in [3.8, 4) is 11.6 Å². The standard InChI is InChI=1S/C12H7ClF3NO/c13-5-7-4-8(14)6-17-12(7)18-10-3-1-2-9(15)11(10)16/h1-4,6H,5H2. The number of nitrogens with zero attached hydrogens (tertiary/aromatic N) is 1. The van der Waals surface area contributed by atoms with Crippen LogP contribution in [0.15, 0.2) is 30.5 Å². The molecule has 0 atom stereocenters. The Bertz CT molecular complexity index is 577. The summed E-state index contributed by atoms with van der Waals surface area (Å²) in [5.41, 5.74) is 0.250. The van der Waals surface area contributed by atoms with Crippen LogP contribution >= 0.6 is 11.6 Å². The molecule has 0 aliphatic carbocycles. The lowest BCUT2D eigenvalue weighted by Crippen LogP contribution is -1.97. The molecule has 0 saturated carbocycles. The molecule has 0 amide bonds. The third-order valence-electron chi connectivity index (χ3n) is 2.16. The minimum absolute atomic E-state index is 0.0585. The van der Waals surface area contributed by atoms with E-state index in [2.05, 4.69) is 4.98 Å². The van der Waals surface area contributed by atoms with E-state index >= 15 is 0 Å². The lowest BCUT2D eigenvalue weighted by atomic mass is 10.3. The Morgan fingerprint density at radius 2 is 2.00 bits per heavy atom. The molecule has 6 heteroatoms. The first kappa shape index (κ1) is 12.7. The van der Waals surface area contributed by atoms with Crippen molar-refractivity contribution in [3.63, 3.8) is 0 Å². The normalized spacial score (nSPS) is 10.4. The second-order valence-corrected chi connectivity index (χ2v) is 3.67. The minimum atomic E-state index is -1.14. The Hall–Kier alpha value is -1.75. The maximum absolute atomic E-state index is 13.4. The van der Waals surface area contributed by atoms with Crippen LogP contribution in [0.1, 0.15) is 5.56 Å². The summed E-state index contributed by atoms with van der Waals surface area (Å²) in [6.45, 7) is 0. The molecule has 18 heavy (non-hydrogen) atoms. The summed E-state index contributed by atoms with van der Waals surface area (Å²) in [4.78, 5) is 3.64. The number of pyridine rings is 1. The molecular weight excluding hydrogens is 267 g/mol. The minimum Gasteiger partial charge on any atom is -0.435 e. The Morgan fingerprint density at radius 1 is 1.22 bits per heavy atom. The van der Waals surface area contributed by atoms with E-state index in [1.165, 1.54) is 12.1 Å². The van der Waals surface area contributed by atoms with Gasteiger partial charge in [-0.2, -0.15) is 4.39 Å². The van der Waals surface area contributed by atoms with E-state index in [9.17, 15) is 13.2 Å². The molecule has 94 valence electrons. The fourth-order valence-electron chi connectivity index (χ4n) is 1.32. The van der Waals surface area contributed by atoms with Gasteiger partial charge in [0.05, 0.1) is 12.1 Å². The number of benzene rings is 1. The molecule has 0 radical (unpaired) electrons. The molecular formula is C12H7ClF3NO. The number of halogens is 4. The molecule has 1 aromatic carbocycles. The molecule has 0 spiro atoms. The highest BCUT2D eigenvalue weighted by atomic mass is 35.5. The van der Waals surface area contributed by atoms with Crippen LogP contribution < -0.4 is 4.74 Å². The van der Waals surface area contributed by atoms with E-state index < -0.39 is 17.5 Å². The van der Waals surface area contributed by atoms with Gasteiger partial charge in [0.25, 0.3) is 0 Å². The molecule has 0 aliphatic rings. The highest BCUT2D eigenvalue weighted by Gasteiger charge is 2.13. The van der Waals surface area contributed by atoms with Crippen LogP contribution in [0.5, 0.6) is 11.6 Å². The van der Waals surface area contributed by atoms with E-state index in [1.54, 1.807) is 0 Å². The number of rotatable bonds is 3. The molecule has 2 rings (SSSR count). The highest BCUT2D eigenvalue weighted by Crippen LogP contribution is 2.27. The van der Waals surface area contributed by atoms with Gasteiger partial charge < -0.3 is 4.74 Å². The third-order valence-corrected chi connectivity index (χ3v) is 2.45. The predicted octanol–water partition coefficient (Wildman–Crippen LogP) is 4.03. The quantitative estimate of drug-likeness (QED) is 0.788. The number of hydrogen-bond acceptors (Lipinski definition) is 2. The molecule has 0 unspecified atom stereocenters. The molecule has 1 aromatic heterocycles. The van der Waals surface area contributed by atoms with Crippen molar-refractivity contribution < 1.29 is 17.9 Å². The largest absolute Gasteiger partial charge is 0.435 e. The highest BCUT2D eigenvalue weighted by molar-refractivity contribution is 6.17. The number of alkyl halides is 1. The Kier molecular flexibility index (Phi) is 3.72. The van der Waals surface area contributed by atoms with Gasteiger partial charge in [-0.25, -0.2) is 13.8 Å². The second-order valence-electron chi connectivity index (χ2n) is 3.41. The Morgan fingerprint density at radius 3 is 2.72 bits per heavy atom. The van der Waals surface area contributed by atoms with Crippen LogP contribution in [0.3, 0.4) is 0 Å². The first-order valence-corrected chi connectivity index (χ1v) is 5.47. The monoisotopic (exact) mass is 273 g/mol. The number of hydrogen-bond donors (Lipinski definition) is 0. The fraction of sp³-hybridized carbons (Fsp3) is 0.0833. The number of ether oxygens (including phenoxy) is 1. The Labute approximate surface area is 106 Å². The summed E-state index contributed by atoms with van der Waals surface area (Å²) >= 11 is 5.59. The van der Waals surface area contributed by atoms with E-state index in [4.69, 9.17) is 16.3 Å². The molecule has 0 fully saturated rings. The molecule has 2 aromatic rings. The van der Waals surface area contributed by atoms with Gasteiger partial charge in [-0.05, 0) is 18.2 Å². The van der Waals surface area contributed by atoms with Crippen LogP contribution in [0.25, 0.3) is 0 Å². The van der Waals surface area contributed by atoms with Gasteiger partial charge in [0.2, 0.25) is 11.7 Å². The smallest absolute Gasteiger partial charge is 0.223 e. The molecule has 0 bridgehead atoms. The van der Waals surface area contributed by atoms with Crippen molar-refractivity contribution in [3.05, 3.63) is 53.5 Å². The van der Waals surface area contributed by atoms with Gasteiger partial charge in [0.1, 0.15) is 5.82 Å². The summed E-state index contributed by atoms with van der Waals surface area (Å²) in [5.74, 6) is -3.21. The average Bonchev–Trinajstić information content (AvgIpc) is 2.37. The summed E-state index contributed by atoms with van der Waals surface area (Å²) < 4.78 is 44.3. The van der Waals surface area contributed by atoms with E-state index in [0.29, 0.717) is 0 Å². The van der Waals surface area contributed by atoms with Crippen molar-refractivity contribution >= 4 is 11.6 Å². The van der Waals surface area contributed by atoms with Crippen LogP contribution in [0, 0.1) is 17.5 Å². The van der Waals surface area contributed by atoms with Gasteiger partial charge in [-0.1, -0.05) is 6.07 Å². The third kappa shape index (κ3) is 2.56. The van der Waals surface area contributed by atoms with Gasteiger partial charge in [-0.15, -0.1) is 11.6 Å². The molecule has 2 nitrogen and oxygen atoms in total. The Balaban J connectivity index is 2.37. The summed E-state index contributed by atoms with van der Waals surface area (Å²) in [5, 5.41) is 0. The lowest BCUT2D eigenvalue weighted by molar-refractivity contribution is 0.401. The van der Waals surface area contributed by atoms with E-state index in [1.807, 2.05) is 0 Å². The van der Waals surface area contributed by atoms with Crippen molar-refractivity contribution in [1.82, 2.24) is 4.98 Å².